The lowest BCUT2D eigenvalue weighted by Crippen LogP contribution is -2.27. The van der Waals surface area contributed by atoms with Gasteiger partial charge in [0.15, 0.2) is 5.16 Å². The minimum Gasteiger partial charge on any atom is -0.319 e. The second-order valence-electron chi connectivity index (χ2n) is 7.31. The number of aromatic nitrogens is 4. The predicted molar refractivity (Wildman–Crippen MR) is 125 cm³/mol. The van der Waals surface area contributed by atoms with Crippen LogP contribution in [0, 0.1) is 6.92 Å². The Morgan fingerprint density at radius 2 is 1.81 bits per heavy atom. The predicted octanol–water partition coefficient (Wildman–Crippen LogP) is 3.97. The molecule has 0 aliphatic rings. The largest absolute Gasteiger partial charge is 0.319 e. The Labute approximate surface area is 184 Å². The average Bonchev–Trinajstić information content (AvgIpc) is 3.23. The summed E-state index contributed by atoms with van der Waals surface area (Å²) in [4.78, 5) is 30.7. The van der Waals surface area contributed by atoms with Crippen LogP contribution in [0.2, 0.25) is 0 Å². The fourth-order valence-corrected chi connectivity index (χ4v) is 4.59. The molecular weight excluding hydrogens is 410 g/mol. The van der Waals surface area contributed by atoms with Crippen LogP contribution >= 0.6 is 11.8 Å². The smallest absolute Gasteiger partial charge is 0.295 e. The van der Waals surface area contributed by atoms with Gasteiger partial charge in [0, 0.05) is 13.6 Å². The van der Waals surface area contributed by atoms with Gasteiger partial charge < -0.3 is 9.88 Å². The number of benzene rings is 2. The third-order valence-corrected chi connectivity index (χ3v) is 6.48. The number of para-hydroxylation sites is 3. The minimum absolute atomic E-state index is 0.231. The monoisotopic (exact) mass is 435 g/mol. The van der Waals surface area contributed by atoms with Crippen LogP contribution in [-0.4, -0.2) is 30.1 Å². The number of nitrogens with zero attached hydrogens (tertiary/aromatic N) is 4. The Bertz CT molecular complexity index is 1300. The molecule has 0 radical (unpaired) electrons. The third-order valence-electron chi connectivity index (χ3n) is 5.39. The first-order chi connectivity index (χ1) is 14.9. The third kappa shape index (κ3) is 3.79. The molecule has 0 saturated heterocycles. The number of carbonyl (C=O) groups is 1. The topological polar surface area (TPSA) is 73.8 Å². The lowest BCUT2D eigenvalue weighted by molar-refractivity contribution is -0.115. The zero-order valence-electron chi connectivity index (χ0n) is 18.0. The molecule has 7 nitrogen and oxygen atoms in total. The maximum absolute atomic E-state index is 13.0. The average molecular weight is 436 g/mol. The van der Waals surface area contributed by atoms with Crippen LogP contribution in [0.15, 0.2) is 64.5 Å². The molecule has 160 valence electrons. The van der Waals surface area contributed by atoms with E-state index in [4.69, 9.17) is 0 Å². The van der Waals surface area contributed by atoms with E-state index in [2.05, 4.69) is 21.8 Å². The molecule has 31 heavy (non-hydrogen) atoms. The highest BCUT2D eigenvalue weighted by molar-refractivity contribution is 8.00. The molecule has 0 fully saturated rings. The molecule has 4 rings (SSSR count). The molecule has 1 amide bonds. The van der Waals surface area contributed by atoms with Crippen LogP contribution in [0.25, 0.3) is 16.7 Å². The van der Waals surface area contributed by atoms with Crippen LogP contribution in [-0.2, 0) is 18.4 Å². The van der Waals surface area contributed by atoms with Gasteiger partial charge in [-0.05, 0) is 45.0 Å². The second-order valence-corrected chi connectivity index (χ2v) is 8.62. The number of fused-ring (bicyclic) bond motifs is 1. The van der Waals surface area contributed by atoms with Crippen LogP contribution in [0.1, 0.15) is 19.5 Å². The molecule has 2 aromatic carbocycles. The van der Waals surface area contributed by atoms with Gasteiger partial charge in [-0.1, -0.05) is 42.1 Å². The quantitative estimate of drug-likeness (QED) is 0.465. The number of hydrogen-bond acceptors (Lipinski definition) is 4. The molecule has 0 saturated carbocycles. The number of carbonyl (C=O) groups excluding carboxylic acids is 1. The summed E-state index contributed by atoms with van der Waals surface area (Å²) in [6, 6.07) is 17.3. The molecule has 4 aromatic rings. The number of thioether (sulfide) groups is 1. The molecule has 2 aromatic heterocycles. The van der Waals surface area contributed by atoms with Crippen molar-refractivity contribution >= 4 is 34.4 Å². The van der Waals surface area contributed by atoms with E-state index in [1.807, 2.05) is 68.4 Å². The molecule has 2 heterocycles. The lowest BCUT2D eigenvalue weighted by Gasteiger charge is -2.12. The van der Waals surface area contributed by atoms with E-state index in [1.165, 1.54) is 11.8 Å². The van der Waals surface area contributed by atoms with Crippen molar-refractivity contribution in [2.75, 3.05) is 5.32 Å². The lowest BCUT2D eigenvalue weighted by atomic mass is 10.3. The van der Waals surface area contributed by atoms with Crippen molar-refractivity contribution in [1.29, 1.82) is 0 Å². The van der Waals surface area contributed by atoms with Crippen LogP contribution in [0.4, 0.5) is 5.69 Å². The number of aryl methyl sites for hydroxylation is 1. The summed E-state index contributed by atoms with van der Waals surface area (Å²) in [6.07, 6.45) is 0. The van der Waals surface area contributed by atoms with Crippen LogP contribution in [0.3, 0.4) is 0 Å². The Morgan fingerprint density at radius 3 is 2.52 bits per heavy atom. The van der Waals surface area contributed by atoms with Crippen molar-refractivity contribution in [1.82, 2.24) is 18.9 Å². The zero-order valence-corrected chi connectivity index (χ0v) is 18.8. The van der Waals surface area contributed by atoms with E-state index in [0.717, 1.165) is 28.4 Å². The Hall–Kier alpha value is -3.26. The van der Waals surface area contributed by atoms with Gasteiger partial charge in [0.1, 0.15) is 5.69 Å². The molecule has 0 spiro atoms. The zero-order chi connectivity index (χ0) is 22.1. The fraction of sp³-hybridized carbons (Fsp3) is 0.261. The number of amides is 1. The highest BCUT2D eigenvalue weighted by Gasteiger charge is 2.23. The van der Waals surface area contributed by atoms with Crippen LogP contribution in [0.5, 0.6) is 0 Å². The van der Waals surface area contributed by atoms with Gasteiger partial charge in [-0.25, -0.2) is 9.67 Å². The molecule has 1 atom stereocenters. The van der Waals surface area contributed by atoms with Gasteiger partial charge in [-0.3, -0.25) is 14.3 Å². The maximum Gasteiger partial charge on any atom is 0.295 e. The van der Waals surface area contributed by atoms with E-state index in [9.17, 15) is 9.59 Å². The van der Waals surface area contributed by atoms with E-state index in [1.54, 1.807) is 16.4 Å². The summed E-state index contributed by atoms with van der Waals surface area (Å²) in [5.74, 6) is -0.231. The number of nitrogens with one attached hydrogen (secondary N) is 1. The Balaban J connectivity index is 1.59. The molecule has 1 unspecified atom stereocenters. The van der Waals surface area contributed by atoms with E-state index < -0.39 is 5.25 Å². The molecular formula is C23H25N5O2S. The Morgan fingerprint density at radius 1 is 1.13 bits per heavy atom. The first-order valence-corrected chi connectivity index (χ1v) is 11.1. The van der Waals surface area contributed by atoms with E-state index in [0.29, 0.717) is 11.4 Å². The first-order valence-electron chi connectivity index (χ1n) is 10.2. The maximum atomic E-state index is 13.0. The molecule has 0 aliphatic carbocycles. The van der Waals surface area contributed by atoms with Crippen molar-refractivity contribution in [3.63, 3.8) is 0 Å². The molecule has 0 bridgehead atoms. The van der Waals surface area contributed by atoms with Crippen molar-refractivity contribution in [3.8, 4) is 5.69 Å². The highest BCUT2D eigenvalue weighted by Crippen LogP contribution is 2.28. The second kappa shape index (κ2) is 8.47. The number of hydrogen-bond donors (Lipinski definition) is 1. The summed E-state index contributed by atoms with van der Waals surface area (Å²) in [6.45, 7) is 6.47. The standard InChI is InChI=1S/C23H25N5O2S/c1-5-27-19-14-10-9-13-18(19)24-23(27)31-16(3)21(29)25-20-15(2)26(4)28(22(20)30)17-11-7-6-8-12-17/h6-14,16H,5H2,1-4H3,(H,25,29). The molecule has 8 heteroatoms. The fourth-order valence-electron chi connectivity index (χ4n) is 3.60. The summed E-state index contributed by atoms with van der Waals surface area (Å²) in [7, 11) is 1.81. The normalized spacial score (nSPS) is 12.3. The Kier molecular flexibility index (Phi) is 5.73. The van der Waals surface area contributed by atoms with Crippen molar-refractivity contribution in [2.45, 2.75) is 37.7 Å². The summed E-state index contributed by atoms with van der Waals surface area (Å²) in [5.41, 5.74) is 3.44. The van der Waals surface area contributed by atoms with Gasteiger partial charge in [0.05, 0.1) is 27.7 Å². The summed E-state index contributed by atoms with van der Waals surface area (Å²) in [5, 5.41) is 3.21. The first kappa shape index (κ1) is 21.0. The van der Waals surface area contributed by atoms with E-state index >= 15 is 0 Å². The van der Waals surface area contributed by atoms with E-state index in [-0.39, 0.29) is 11.5 Å². The summed E-state index contributed by atoms with van der Waals surface area (Å²) >= 11 is 1.39. The SMILES string of the molecule is CCn1c(SC(C)C(=O)Nc2c(C)n(C)n(-c3ccccc3)c2=O)nc2ccccc21. The summed E-state index contributed by atoms with van der Waals surface area (Å²) < 4.78 is 5.40. The molecule has 0 aliphatic heterocycles. The van der Waals surface area contributed by atoms with Crippen molar-refractivity contribution in [2.24, 2.45) is 7.05 Å². The van der Waals surface area contributed by atoms with Gasteiger partial charge in [0.2, 0.25) is 5.91 Å². The van der Waals surface area contributed by atoms with Crippen molar-refractivity contribution < 1.29 is 4.79 Å². The molecule has 1 N–H and O–H groups in total. The minimum atomic E-state index is -0.425. The number of imidazole rings is 1. The van der Waals surface area contributed by atoms with Gasteiger partial charge >= 0.3 is 0 Å². The highest BCUT2D eigenvalue weighted by atomic mass is 32.2. The van der Waals surface area contributed by atoms with Gasteiger partial charge in [-0.15, -0.1) is 0 Å². The van der Waals surface area contributed by atoms with Crippen molar-refractivity contribution in [3.05, 3.63) is 70.6 Å². The van der Waals surface area contributed by atoms with Crippen LogP contribution < -0.4 is 10.9 Å². The van der Waals surface area contributed by atoms with Gasteiger partial charge in [-0.2, -0.15) is 0 Å². The van der Waals surface area contributed by atoms with Gasteiger partial charge in [0.25, 0.3) is 5.56 Å². The number of anilines is 1. The number of rotatable bonds is 6.